The Balaban J connectivity index is 0.00000312. The van der Waals surface area contributed by atoms with Gasteiger partial charge in [0, 0.05) is 39.8 Å². The van der Waals surface area contributed by atoms with E-state index >= 15 is 0 Å². The van der Waals surface area contributed by atoms with Gasteiger partial charge in [-0.2, -0.15) is 0 Å². The summed E-state index contributed by atoms with van der Waals surface area (Å²) in [5.41, 5.74) is 0. The quantitative estimate of drug-likeness (QED) is 0.246. The molecular formula is C18H38IN5O. The topological polar surface area (TPSA) is 52.1 Å². The lowest BCUT2D eigenvalue weighted by atomic mass is 10.2. The van der Waals surface area contributed by atoms with Crippen LogP contribution in [0, 0.1) is 5.92 Å². The van der Waals surface area contributed by atoms with Gasteiger partial charge in [0.2, 0.25) is 0 Å². The van der Waals surface area contributed by atoms with E-state index in [0.29, 0.717) is 5.92 Å². The van der Waals surface area contributed by atoms with Crippen LogP contribution < -0.4 is 10.6 Å². The summed E-state index contributed by atoms with van der Waals surface area (Å²) in [6.07, 6.45) is 4.15. The molecule has 2 N–H and O–H groups in total. The van der Waals surface area contributed by atoms with Gasteiger partial charge in [-0.05, 0) is 44.8 Å². The number of hydrogen-bond acceptors (Lipinski definition) is 4. The van der Waals surface area contributed by atoms with E-state index in [9.17, 15) is 0 Å². The van der Waals surface area contributed by atoms with Crippen molar-refractivity contribution in [3.63, 3.8) is 0 Å². The maximum absolute atomic E-state index is 5.88. The first kappa shape index (κ1) is 22.9. The molecule has 7 heteroatoms. The molecule has 2 heterocycles. The van der Waals surface area contributed by atoms with Crippen LogP contribution in [0.3, 0.4) is 0 Å². The van der Waals surface area contributed by atoms with Gasteiger partial charge in [0.25, 0.3) is 0 Å². The zero-order valence-electron chi connectivity index (χ0n) is 16.3. The maximum Gasteiger partial charge on any atom is 0.191 e. The van der Waals surface area contributed by atoms with Crippen molar-refractivity contribution in [2.45, 2.75) is 39.2 Å². The minimum atomic E-state index is 0. The molecule has 0 bridgehead atoms. The summed E-state index contributed by atoms with van der Waals surface area (Å²) < 4.78 is 5.88. The average molecular weight is 467 g/mol. The zero-order chi connectivity index (χ0) is 17.2. The van der Waals surface area contributed by atoms with Crippen LogP contribution in [0.15, 0.2) is 4.99 Å². The van der Waals surface area contributed by atoms with Crippen LogP contribution >= 0.6 is 24.0 Å². The Kier molecular flexibility index (Phi) is 12.0. The van der Waals surface area contributed by atoms with Crippen LogP contribution in [-0.2, 0) is 4.74 Å². The van der Waals surface area contributed by atoms with Crippen LogP contribution in [-0.4, -0.2) is 87.9 Å². The lowest BCUT2D eigenvalue weighted by Crippen LogP contribution is -2.50. The molecular weight excluding hydrogens is 429 g/mol. The van der Waals surface area contributed by atoms with Crippen molar-refractivity contribution in [2.75, 3.05) is 66.0 Å². The van der Waals surface area contributed by atoms with Gasteiger partial charge >= 0.3 is 0 Å². The van der Waals surface area contributed by atoms with Crippen LogP contribution in [0.25, 0.3) is 0 Å². The summed E-state index contributed by atoms with van der Waals surface area (Å²) in [7, 11) is 1.84. The predicted molar refractivity (Wildman–Crippen MR) is 116 cm³/mol. The van der Waals surface area contributed by atoms with Gasteiger partial charge < -0.3 is 20.3 Å². The van der Waals surface area contributed by atoms with E-state index in [1.54, 1.807) is 0 Å². The Morgan fingerprint density at radius 2 is 1.92 bits per heavy atom. The van der Waals surface area contributed by atoms with Crippen molar-refractivity contribution < 1.29 is 4.74 Å². The van der Waals surface area contributed by atoms with Gasteiger partial charge in [-0.3, -0.25) is 9.89 Å². The lowest BCUT2D eigenvalue weighted by molar-refractivity contribution is -0.0284. The fraction of sp³-hybridized carbons (Fsp3) is 0.944. The second-order valence-corrected chi connectivity index (χ2v) is 7.43. The molecule has 0 aromatic carbocycles. The molecule has 2 saturated heterocycles. The Bertz CT molecular complexity index is 374. The number of aliphatic imine (C=N–C) groups is 1. The van der Waals surface area contributed by atoms with E-state index < -0.39 is 0 Å². The smallest absolute Gasteiger partial charge is 0.191 e. The molecule has 1 atom stereocenters. The summed E-state index contributed by atoms with van der Waals surface area (Å²) >= 11 is 0. The highest BCUT2D eigenvalue weighted by molar-refractivity contribution is 14.0. The third kappa shape index (κ3) is 9.40. The van der Waals surface area contributed by atoms with Crippen molar-refractivity contribution in [1.29, 1.82) is 0 Å². The SMILES string of the molecule is CN=C(NCCCN1CCCC1)NCC1CN(CC(C)C)CCO1.I. The summed E-state index contributed by atoms with van der Waals surface area (Å²) in [4.78, 5) is 9.38. The van der Waals surface area contributed by atoms with Crippen LogP contribution in [0.1, 0.15) is 33.1 Å². The number of hydrogen-bond donors (Lipinski definition) is 2. The van der Waals surface area contributed by atoms with Gasteiger partial charge in [-0.25, -0.2) is 0 Å². The van der Waals surface area contributed by atoms with Gasteiger partial charge in [0.05, 0.1) is 12.7 Å². The minimum absolute atomic E-state index is 0. The van der Waals surface area contributed by atoms with E-state index in [1.165, 1.54) is 38.9 Å². The molecule has 2 aliphatic heterocycles. The predicted octanol–water partition coefficient (Wildman–Crippen LogP) is 1.61. The number of rotatable bonds is 8. The second kappa shape index (κ2) is 13.1. The molecule has 148 valence electrons. The van der Waals surface area contributed by atoms with E-state index in [4.69, 9.17) is 4.74 Å². The number of nitrogens with one attached hydrogen (secondary N) is 2. The van der Waals surface area contributed by atoms with Crippen molar-refractivity contribution in [3.8, 4) is 0 Å². The van der Waals surface area contributed by atoms with E-state index in [-0.39, 0.29) is 30.1 Å². The Morgan fingerprint density at radius 1 is 1.16 bits per heavy atom. The first-order chi connectivity index (χ1) is 11.7. The van der Waals surface area contributed by atoms with Crippen molar-refractivity contribution in [2.24, 2.45) is 10.9 Å². The number of nitrogens with zero attached hydrogens (tertiary/aromatic N) is 3. The first-order valence-electron chi connectivity index (χ1n) is 9.68. The zero-order valence-corrected chi connectivity index (χ0v) is 18.6. The highest BCUT2D eigenvalue weighted by Crippen LogP contribution is 2.08. The Labute approximate surface area is 171 Å². The monoisotopic (exact) mass is 467 g/mol. The van der Waals surface area contributed by atoms with Gasteiger partial charge in [-0.15, -0.1) is 24.0 Å². The highest BCUT2D eigenvalue weighted by Gasteiger charge is 2.21. The van der Waals surface area contributed by atoms with Crippen LogP contribution in [0.2, 0.25) is 0 Å². The molecule has 1 unspecified atom stereocenters. The van der Waals surface area contributed by atoms with Crippen LogP contribution in [0.4, 0.5) is 0 Å². The summed E-state index contributed by atoms with van der Waals surface area (Å²) in [5, 5.41) is 6.83. The average Bonchev–Trinajstić information content (AvgIpc) is 3.07. The van der Waals surface area contributed by atoms with Gasteiger partial charge in [0.15, 0.2) is 5.96 Å². The second-order valence-electron chi connectivity index (χ2n) is 7.43. The molecule has 2 rings (SSSR count). The normalized spacial score (nSPS) is 22.9. The molecule has 2 fully saturated rings. The molecule has 25 heavy (non-hydrogen) atoms. The van der Waals surface area contributed by atoms with E-state index in [2.05, 4.69) is 39.3 Å². The molecule has 0 amide bonds. The third-order valence-electron chi connectivity index (χ3n) is 4.71. The number of morpholine rings is 1. The molecule has 0 spiro atoms. The molecule has 0 aliphatic carbocycles. The van der Waals surface area contributed by atoms with Crippen molar-refractivity contribution in [3.05, 3.63) is 0 Å². The number of likely N-dealkylation sites (tertiary alicyclic amines) is 1. The van der Waals surface area contributed by atoms with Gasteiger partial charge in [-0.1, -0.05) is 13.8 Å². The summed E-state index contributed by atoms with van der Waals surface area (Å²) in [5.74, 6) is 1.60. The maximum atomic E-state index is 5.88. The van der Waals surface area contributed by atoms with Crippen LogP contribution in [0.5, 0.6) is 0 Å². The molecule has 0 radical (unpaired) electrons. The Morgan fingerprint density at radius 3 is 2.60 bits per heavy atom. The van der Waals surface area contributed by atoms with E-state index in [1.807, 2.05) is 7.05 Å². The number of guanidine groups is 1. The molecule has 2 aliphatic rings. The Hall–Kier alpha value is -0.120. The largest absolute Gasteiger partial charge is 0.374 e. The molecule has 0 aromatic heterocycles. The summed E-state index contributed by atoms with van der Waals surface area (Å²) in [6.45, 7) is 14.1. The molecule has 6 nitrogen and oxygen atoms in total. The minimum Gasteiger partial charge on any atom is -0.374 e. The highest BCUT2D eigenvalue weighted by atomic mass is 127. The number of ether oxygens (including phenoxy) is 1. The number of halogens is 1. The third-order valence-corrected chi connectivity index (χ3v) is 4.71. The summed E-state index contributed by atoms with van der Waals surface area (Å²) in [6, 6.07) is 0. The molecule has 0 aromatic rings. The fourth-order valence-corrected chi connectivity index (χ4v) is 3.53. The fourth-order valence-electron chi connectivity index (χ4n) is 3.53. The lowest BCUT2D eigenvalue weighted by Gasteiger charge is -2.34. The first-order valence-corrected chi connectivity index (χ1v) is 9.68. The van der Waals surface area contributed by atoms with Gasteiger partial charge in [0.1, 0.15) is 0 Å². The van der Waals surface area contributed by atoms with Crippen molar-refractivity contribution >= 4 is 29.9 Å². The van der Waals surface area contributed by atoms with E-state index in [0.717, 1.165) is 45.3 Å². The standard InChI is InChI=1S/C18H37N5O.HI/c1-16(2)14-23-11-12-24-17(15-23)13-21-18(19-3)20-7-6-10-22-8-4-5-9-22;/h16-17H,4-15H2,1-3H3,(H2,19,20,21);1H. The molecule has 0 saturated carbocycles. The van der Waals surface area contributed by atoms with Crippen molar-refractivity contribution in [1.82, 2.24) is 20.4 Å².